The standard InChI is InChI=1S/C17H22N4O2/c1-2-18-17(22)21-10-8-20(9-11-21)12-15-13-23-16(19-15)14-6-4-3-5-7-14/h3-7,13H,2,8-12H2,1H3,(H,18,22). The maximum atomic E-state index is 11.8. The molecule has 0 spiro atoms. The lowest BCUT2D eigenvalue weighted by Crippen LogP contribution is -2.51. The van der Waals surface area contributed by atoms with Crippen molar-refractivity contribution in [3.63, 3.8) is 0 Å². The van der Waals surface area contributed by atoms with E-state index in [1.54, 1.807) is 6.26 Å². The normalized spacial score (nSPS) is 15.6. The van der Waals surface area contributed by atoms with Crippen LogP contribution in [0.1, 0.15) is 12.6 Å². The fourth-order valence-electron chi connectivity index (χ4n) is 2.69. The van der Waals surface area contributed by atoms with Crippen molar-refractivity contribution < 1.29 is 9.21 Å². The second-order valence-electron chi connectivity index (χ2n) is 5.61. The lowest BCUT2D eigenvalue weighted by Gasteiger charge is -2.34. The number of urea groups is 1. The molecule has 1 aliphatic rings. The van der Waals surface area contributed by atoms with Crippen LogP contribution < -0.4 is 5.32 Å². The highest BCUT2D eigenvalue weighted by Gasteiger charge is 2.21. The van der Waals surface area contributed by atoms with Gasteiger partial charge in [-0.3, -0.25) is 4.90 Å². The zero-order chi connectivity index (χ0) is 16.1. The summed E-state index contributed by atoms with van der Waals surface area (Å²) in [7, 11) is 0. The third-order valence-electron chi connectivity index (χ3n) is 3.95. The number of aromatic nitrogens is 1. The Balaban J connectivity index is 1.53. The minimum absolute atomic E-state index is 0.0277. The van der Waals surface area contributed by atoms with E-state index < -0.39 is 0 Å². The summed E-state index contributed by atoms with van der Waals surface area (Å²) >= 11 is 0. The third-order valence-corrected chi connectivity index (χ3v) is 3.95. The molecule has 1 saturated heterocycles. The molecular weight excluding hydrogens is 292 g/mol. The lowest BCUT2D eigenvalue weighted by atomic mass is 10.2. The van der Waals surface area contributed by atoms with Gasteiger partial charge in [0.2, 0.25) is 5.89 Å². The number of piperazine rings is 1. The number of amides is 2. The number of carbonyl (C=O) groups excluding carboxylic acids is 1. The zero-order valence-electron chi connectivity index (χ0n) is 13.4. The minimum atomic E-state index is 0.0277. The van der Waals surface area contributed by atoms with Crippen molar-refractivity contribution in [2.75, 3.05) is 32.7 Å². The lowest BCUT2D eigenvalue weighted by molar-refractivity contribution is 0.135. The first-order chi connectivity index (χ1) is 11.3. The van der Waals surface area contributed by atoms with E-state index in [9.17, 15) is 4.79 Å². The van der Waals surface area contributed by atoms with E-state index in [4.69, 9.17) is 4.42 Å². The summed E-state index contributed by atoms with van der Waals surface area (Å²) in [6.07, 6.45) is 1.72. The van der Waals surface area contributed by atoms with E-state index in [-0.39, 0.29) is 6.03 Å². The minimum Gasteiger partial charge on any atom is -0.444 e. The Morgan fingerprint density at radius 3 is 2.65 bits per heavy atom. The number of benzene rings is 1. The van der Waals surface area contributed by atoms with E-state index in [0.29, 0.717) is 12.4 Å². The maximum absolute atomic E-state index is 11.8. The van der Waals surface area contributed by atoms with Crippen LogP contribution in [0, 0.1) is 0 Å². The average Bonchev–Trinajstić information content (AvgIpc) is 3.05. The van der Waals surface area contributed by atoms with Crippen LogP contribution in [0.15, 0.2) is 41.0 Å². The van der Waals surface area contributed by atoms with Gasteiger partial charge in [0, 0.05) is 44.8 Å². The van der Waals surface area contributed by atoms with Gasteiger partial charge in [0.1, 0.15) is 6.26 Å². The van der Waals surface area contributed by atoms with Crippen molar-refractivity contribution in [2.45, 2.75) is 13.5 Å². The highest BCUT2D eigenvalue weighted by molar-refractivity contribution is 5.74. The zero-order valence-corrected chi connectivity index (χ0v) is 13.4. The molecule has 0 unspecified atom stereocenters. The molecule has 1 aromatic heterocycles. The van der Waals surface area contributed by atoms with Crippen molar-refractivity contribution in [2.24, 2.45) is 0 Å². The maximum Gasteiger partial charge on any atom is 0.317 e. The molecule has 23 heavy (non-hydrogen) atoms. The molecule has 2 amide bonds. The molecule has 6 heteroatoms. The molecule has 2 aromatic rings. The van der Waals surface area contributed by atoms with E-state index in [1.165, 1.54) is 0 Å². The van der Waals surface area contributed by atoms with E-state index in [2.05, 4.69) is 15.2 Å². The largest absolute Gasteiger partial charge is 0.444 e. The molecule has 6 nitrogen and oxygen atoms in total. The second-order valence-corrected chi connectivity index (χ2v) is 5.61. The van der Waals surface area contributed by atoms with Crippen LogP contribution >= 0.6 is 0 Å². The van der Waals surface area contributed by atoms with Crippen molar-refractivity contribution in [1.29, 1.82) is 0 Å². The first-order valence-corrected chi connectivity index (χ1v) is 8.01. The van der Waals surface area contributed by atoms with Crippen LogP contribution in [0.3, 0.4) is 0 Å². The van der Waals surface area contributed by atoms with Gasteiger partial charge in [0.15, 0.2) is 0 Å². The van der Waals surface area contributed by atoms with Gasteiger partial charge in [-0.2, -0.15) is 0 Å². The summed E-state index contributed by atoms with van der Waals surface area (Å²) in [5, 5.41) is 2.84. The predicted molar refractivity (Wildman–Crippen MR) is 87.9 cm³/mol. The fourth-order valence-corrected chi connectivity index (χ4v) is 2.69. The molecule has 2 heterocycles. The summed E-state index contributed by atoms with van der Waals surface area (Å²) in [5.41, 5.74) is 1.91. The number of nitrogens with one attached hydrogen (secondary N) is 1. The number of hydrogen-bond donors (Lipinski definition) is 1. The average molecular weight is 314 g/mol. The monoisotopic (exact) mass is 314 g/mol. The molecule has 122 valence electrons. The fraction of sp³-hybridized carbons (Fsp3) is 0.412. The molecule has 1 N–H and O–H groups in total. The first kappa shape index (κ1) is 15.6. The van der Waals surface area contributed by atoms with Crippen molar-refractivity contribution in [3.05, 3.63) is 42.3 Å². The van der Waals surface area contributed by atoms with Crippen LogP contribution in [0.2, 0.25) is 0 Å². The Bertz CT molecular complexity index is 633. The highest BCUT2D eigenvalue weighted by Crippen LogP contribution is 2.19. The number of rotatable bonds is 4. The molecule has 3 rings (SSSR count). The van der Waals surface area contributed by atoms with Crippen LogP contribution in [-0.2, 0) is 6.54 Å². The molecule has 0 bridgehead atoms. The van der Waals surface area contributed by atoms with Gasteiger partial charge in [-0.25, -0.2) is 9.78 Å². The molecule has 1 fully saturated rings. The van der Waals surface area contributed by atoms with Crippen LogP contribution in [-0.4, -0.2) is 53.5 Å². The molecule has 0 radical (unpaired) electrons. The Labute approximate surface area is 136 Å². The molecule has 1 aliphatic heterocycles. The van der Waals surface area contributed by atoms with Crippen LogP contribution in [0.4, 0.5) is 4.79 Å². The van der Waals surface area contributed by atoms with Gasteiger partial charge >= 0.3 is 6.03 Å². The quantitative estimate of drug-likeness (QED) is 0.940. The highest BCUT2D eigenvalue weighted by atomic mass is 16.3. The summed E-state index contributed by atoms with van der Waals surface area (Å²) in [6, 6.07) is 9.92. The Kier molecular flexibility index (Phi) is 4.92. The predicted octanol–water partition coefficient (Wildman–Crippen LogP) is 2.19. The molecule has 0 atom stereocenters. The SMILES string of the molecule is CCNC(=O)N1CCN(Cc2coc(-c3ccccc3)n2)CC1. The van der Waals surface area contributed by atoms with Crippen molar-refractivity contribution in [3.8, 4) is 11.5 Å². The Morgan fingerprint density at radius 2 is 1.96 bits per heavy atom. The summed E-state index contributed by atoms with van der Waals surface area (Å²) in [6.45, 7) is 6.54. The number of oxazole rings is 1. The van der Waals surface area contributed by atoms with Gasteiger partial charge in [0.25, 0.3) is 0 Å². The van der Waals surface area contributed by atoms with E-state index >= 15 is 0 Å². The Hall–Kier alpha value is -2.34. The molecule has 0 saturated carbocycles. The van der Waals surface area contributed by atoms with Gasteiger partial charge in [-0.05, 0) is 19.1 Å². The van der Waals surface area contributed by atoms with E-state index in [0.717, 1.165) is 44.0 Å². The number of carbonyl (C=O) groups is 1. The number of hydrogen-bond acceptors (Lipinski definition) is 4. The smallest absolute Gasteiger partial charge is 0.317 e. The van der Waals surface area contributed by atoms with Gasteiger partial charge in [0.05, 0.1) is 5.69 Å². The Morgan fingerprint density at radius 1 is 1.22 bits per heavy atom. The van der Waals surface area contributed by atoms with Gasteiger partial charge in [-0.15, -0.1) is 0 Å². The number of nitrogens with zero attached hydrogens (tertiary/aromatic N) is 3. The molecular formula is C17H22N4O2. The molecule has 0 aliphatic carbocycles. The van der Waals surface area contributed by atoms with Crippen molar-refractivity contribution >= 4 is 6.03 Å². The van der Waals surface area contributed by atoms with E-state index in [1.807, 2.05) is 42.2 Å². The first-order valence-electron chi connectivity index (χ1n) is 8.01. The third kappa shape index (κ3) is 3.90. The van der Waals surface area contributed by atoms with Gasteiger partial charge in [-0.1, -0.05) is 18.2 Å². The topological polar surface area (TPSA) is 61.6 Å². The summed E-state index contributed by atoms with van der Waals surface area (Å²) in [5.74, 6) is 0.654. The van der Waals surface area contributed by atoms with Crippen LogP contribution in [0.25, 0.3) is 11.5 Å². The van der Waals surface area contributed by atoms with Gasteiger partial charge < -0.3 is 14.6 Å². The summed E-state index contributed by atoms with van der Waals surface area (Å²) < 4.78 is 5.57. The second kappa shape index (κ2) is 7.28. The van der Waals surface area contributed by atoms with Crippen LogP contribution in [0.5, 0.6) is 0 Å². The summed E-state index contributed by atoms with van der Waals surface area (Å²) in [4.78, 5) is 20.5. The molecule has 1 aromatic carbocycles. The van der Waals surface area contributed by atoms with Crippen molar-refractivity contribution in [1.82, 2.24) is 20.1 Å².